The van der Waals surface area contributed by atoms with Gasteiger partial charge in [-0.05, 0) is 50.2 Å². The van der Waals surface area contributed by atoms with Crippen LogP contribution >= 0.6 is 0 Å². The minimum Gasteiger partial charge on any atom is -0.359 e. The number of ketones is 1. The SMILES string of the molecule is CC(=O)NC(Cc1ccc(CN)cc1)C(=O)NCCCC[C@H](C)C(=O)N[C@@H](CCCCNC=O)C(C)=O. The maximum Gasteiger partial charge on any atom is 0.242 e. The second-order valence-electron chi connectivity index (χ2n) is 9.41. The maximum atomic E-state index is 12.7. The van der Waals surface area contributed by atoms with Crippen LogP contribution in [0.4, 0.5) is 0 Å². The lowest BCUT2D eigenvalue weighted by Crippen LogP contribution is -2.47. The van der Waals surface area contributed by atoms with Crippen LogP contribution < -0.4 is 27.0 Å². The number of hydrogen-bond acceptors (Lipinski definition) is 6. The minimum atomic E-state index is -0.677. The number of rotatable bonds is 19. The largest absolute Gasteiger partial charge is 0.359 e. The highest BCUT2D eigenvalue weighted by Gasteiger charge is 2.21. The fourth-order valence-corrected chi connectivity index (χ4v) is 3.87. The van der Waals surface area contributed by atoms with E-state index in [2.05, 4.69) is 21.3 Å². The molecule has 0 aliphatic rings. The Balaban J connectivity index is 2.41. The van der Waals surface area contributed by atoms with Gasteiger partial charge in [0.05, 0.1) is 6.04 Å². The highest BCUT2D eigenvalue weighted by Crippen LogP contribution is 2.11. The number of carbonyl (C=O) groups excluding carboxylic acids is 5. The summed E-state index contributed by atoms with van der Waals surface area (Å²) >= 11 is 0. The topological polar surface area (TPSA) is 159 Å². The molecule has 0 aliphatic carbocycles. The average molecular weight is 518 g/mol. The monoisotopic (exact) mass is 517 g/mol. The number of nitrogens with two attached hydrogens (primary N) is 1. The first kappa shape index (κ1) is 31.8. The summed E-state index contributed by atoms with van der Waals surface area (Å²) in [4.78, 5) is 59.0. The van der Waals surface area contributed by atoms with Gasteiger partial charge in [0.25, 0.3) is 0 Å². The van der Waals surface area contributed by atoms with Gasteiger partial charge in [-0.15, -0.1) is 0 Å². The van der Waals surface area contributed by atoms with Crippen LogP contribution in [0.25, 0.3) is 0 Å². The summed E-state index contributed by atoms with van der Waals surface area (Å²) in [6.07, 6.45) is 5.04. The second kappa shape index (κ2) is 18.0. The van der Waals surface area contributed by atoms with Gasteiger partial charge in [-0.2, -0.15) is 0 Å². The van der Waals surface area contributed by atoms with Crippen molar-refractivity contribution in [2.75, 3.05) is 13.1 Å². The zero-order valence-electron chi connectivity index (χ0n) is 22.3. The molecular formula is C27H43N5O5. The summed E-state index contributed by atoms with van der Waals surface area (Å²) in [5.41, 5.74) is 7.54. The predicted molar refractivity (Wildman–Crippen MR) is 142 cm³/mol. The first-order valence-corrected chi connectivity index (χ1v) is 13.0. The lowest BCUT2D eigenvalue weighted by Gasteiger charge is -2.19. The van der Waals surface area contributed by atoms with Crippen molar-refractivity contribution >= 4 is 29.9 Å². The molecule has 1 unspecified atom stereocenters. The Morgan fingerprint density at radius 2 is 1.46 bits per heavy atom. The van der Waals surface area contributed by atoms with E-state index < -0.39 is 12.1 Å². The molecule has 0 aromatic heterocycles. The van der Waals surface area contributed by atoms with Gasteiger partial charge in [0.2, 0.25) is 24.1 Å². The molecule has 0 spiro atoms. The maximum absolute atomic E-state index is 12.7. The quantitative estimate of drug-likeness (QED) is 0.136. The van der Waals surface area contributed by atoms with Gasteiger partial charge in [0.1, 0.15) is 6.04 Å². The number of Topliss-reactive ketones (excluding diaryl/α,β-unsaturated/α-hetero) is 1. The van der Waals surface area contributed by atoms with Crippen molar-refractivity contribution in [1.82, 2.24) is 21.3 Å². The van der Waals surface area contributed by atoms with E-state index in [-0.39, 0.29) is 29.4 Å². The van der Waals surface area contributed by atoms with Gasteiger partial charge >= 0.3 is 0 Å². The summed E-state index contributed by atoms with van der Waals surface area (Å²) < 4.78 is 0. The highest BCUT2D eigenvalue weighted by molar-refractivity contribution is 5.88. The number of carbonyl (C=O) groups is 5. The lowest BCUT2D eigenvalue weighted by molar-refractivity contribution is -0.129. The summed E-state index contributed by atoms with van der Waals surface area (Å²) in [6.45, 7) is 6.08. The Bertz CT molecular complexity index is 874. The molecule has 1 aromatic carbocycles. The van der Waals surface area contributed by atoms with Crippen LogP contribution in [0, 0.1) is 5.92 Å². The number of nitrogens with one attached hydrogen (secondary N) is 4. The van der Waals surface area contributed by atoms with Crippen molar-refractivity contribution in [2.24, 2.45) is 11.7 Å². The van der Waals surface area contributed by atoms with Crippen molar-refractivity contribution in [2.45, 2.75) is 84.3 Å². The van der Waals surface area contributed by atoms with E-state index >= 15 is 0 Å². The highest BCUT2D eigenvalue weighted by atomic mass is 16.2. The Kier molecular flexibility index (Phi) is 15.5. The van der Waals surface area contributed by atoms with Crippen molar-refractivity contribution in [3.8, 4) is 0 Å². The number of unbranched alkanes of at least 4 members (excludes halogenated alkanes) is 2. The smallest absolute Gasteiger partial charge is 0.242 e. The molecule has 0 heterocycles. The molecular weight excluding hydrogens is 474 g/mol. The van der Waals surface area contributed by atoms with E-state index in [1.807, 2.05) is 31.2 Å². The van der Waals surface area contributed by atoms with Crippen molar-refractivity contribution in [3.63, 3.8) is 0 Å². The van der Waals surface area contributed by atoms with Crippen LogP contribution in [0.15, 0.2) is 24.3 Å². The normalized spacial score (nSPS) is 13.1. The van der Waals surface area contributed by atoms with Gasteiger partial charge in [0.15, 0.2) is 5.78 Å². The van der Waals surface area contributed by atoms with E-state index in [4.69, 9.17) is 5.73 Å². The number of benzene rings is 1. The molecule has 1 aromatic rings. The van der Waals surface area contributed by atoms with Crippen LogP contribution in [0.3, 0.4) is 0 Å². The van der Waals surface area contributed by atoms with Gasteiger partial charge in [0, 0.05) is 38.9 Å². The molecule has 0 bridgehead atoms. The lowest BCUT2D eigenvalue weighted by atomic mass is 10.0. The first-order chi connectivity index (χ1) is 17.7. The second-order valence-corrected chi connectivity index (χ2v) is 9.41. The molecule has 37 heavy (non-hydrogen) atoms. The van der Waals surface area contributed by atoms with E-state index in [1.54, 1.807) is 0 Å². The Hall–Kier alpha value is -3.27. The fraction of sp³-hybridized carbons (Fsp3) is 0.593. The van der Waals surface area contributed by atoms with E-state index in [9.17, 15) is 24.0 Å². The molecule has 0 saturated heterocycles. The Labute approximate surface area is 219 Å². The minimum absolute atomic E-state index is 0.0874. The summed E-state index contributed by atoms with van der Waals surface area (Å²) in [5.74, 6) is -1.05. The molecule has 206 valence electrons. The van der Waals surface area contributed by atoms with Crippen LogP contribution in [0.2, 0.25) is 0 Å². The van der Waals surface area contributed by atoms with E-state index in [1.165, 1.54) is 13.8 Å². The average Bonchev–Trinajstić information content (AvgIpc) is 2.86. The fourth-order valence-electron chi connectivity index (χ4n) is 3.87. The standard InChI is InChI=1S/C27H43N5O5/c1-19(26(36)32-24(20(2)34)9-5-6-14-29-18-33)8-4-7-15-30-27(37)25(31-21(3)35)16-22-10-12-23(17-28)13-11-22/h10-13,18-19,24-25H,4-9,14-17,28H2,1-3H3,(H,29,33)(H,30,37)(H,31,35)(H,32,36)/t19-,24-,25?/m0/s1. The molecule has 0 fully saturated rings. The molecule has 0 saturated carbocycles. The number of hydrogen-bond donors (Lipinski definition) is 5. The van der Waals surface area contributed by atoms with E-state index in [0.717, 1.165) is 30.4 Å². The Morgan fingerprint density at radius 3 is 2.05 bits per heavy atom. The third-order valence-electron chi connectivity index (χ3n) is 6.16. The Morgan fingerprint density at radius 1 is 0.838 bits per heavy atom. The van der Waals surface area contributed by atoms with Crippen LogP contribution in [0.1, 0.15) is 70.4 Å². The molecule has 3 atom stereocenters. The molecule has 1 rings (SSSR count). The first-order valence-electron chi connectivity index (χ1n) is 13.0. The third-order valence-corrected chi connectivity index (χ3v) is 6.16. The van der Waals surface area contributed by atoms with Crippen molar-refractivity contribution in [1.29, 1.82) is 0 Å². The molecule has 6 N–H and O–H groups in total. The van der Waals surface area contributed by atoms with Gasteiger partial charge in [-0.25, -0.2) is 0 Å². The zero-order valence-corrected chi connectivity index (χ0v) is 22.3. The third kappa shape index (κ3) is 13.6. The summed E-state index contributed by atoms with van der Waals surface area (Å²) in [5, 5.41) is 11.0. The van der Waals surface area contributed by atoms with E-state index in [0.29, 0.717) is 51.7 Å². The van der Waals surface area contributed by atoms with Crippen LogP contribution in [0.5, 0.6) is 0 Å². The number of amides is 4. The molecule has 0 aliphatic heterocycles. The van der Waals surface area contributed by atoms with Crippen LogP contribution in [-0.4, -0.2) is 55.1 Å². The molecule has 4 amide bonds. The predicted octanol–water partition coefficient (Wildman–Crippen LogP) is 1.11. The van der Waals surface area contributed by atoms with Gasteiger partial charge in [-0.3, -0.25) is 24.0 Å². The van der Waals surface area contributed by atoms with Crippen molar-refractivity contribution in [3.05, 3.63) is 35.4 Å². The zero-order chi connectivity index (χ0) is 27.6. The molecule has 10 heteroatoms. The van der Waals surface area contributed by atoms with Crippen LogP contribution in [-0.2, 0) is 36.9 Å². The summed E-state index contributed by atoms with van der Waals surface area (Å²) in [6, 6.07) is 6.41. The van der Waals surface area contributed by atoms with Gasteiger partial charge < -0.3 is 27.0 Å². The molecule has 10 nitrogen and oxygen atoms in total. The molecule has 0 radical (unpaired) electrons. The summed E-state index contributed by atoms with van der Waals surface area (Å²) in [7, 11) is 0. The van der Waals surface area contributed by atoms with Gasteiger partial charge in [-0.1, -0.05) is 37.6 Å². The van der Waals surface area contributed by atoms with Crippen molar-refractivity contribution < 1.29 is 24.0 Å².